The van der Waals surface area contributed by atoms with Gasteiger partial charge in [-0.3, -0.25) is 4.79 Å². The predicted molar refractivity (Wildman–Crippen MR) is 76.0 cm³/mol. The summed E-state index contributed by atoms with van der Waals surface area (Å²) in [6, 6.07) is 0.646. The van der Waals surface area contributed by atoms with Gasteiger partial charge >= 0.3 is 0 Å². The summed E-state index contributed by atoms with van der Waals surface area (Å²) in [5, 5.41) is 6.63. The Morgan fingerprint density at radius 1 is 1.32 bits per heavy atom. The molecule has 4 heteroatoms. The summed E-state index contributed by atoms with van der Waals surface area (Å²) < 4.78 is 5.67. The van der Waals surface area contributed by atoms with Gasteiger partial charge in [0.2, 0.25) is 5.91 Å². The molecule has 0 aromatic heterocycles. The smallest absolute Gasteiger partial charge is 0.220 e. The first-order chi connectivity index (χ1) is 9.16. The van der Waals surface area contributed by atoms with Gasteiger partial charge in [-0.2, -0.15) is 0 Å². The van der Waals surface area contributed by atoms with Crippen LogP contribution >= 0.6 is 0 Å². The molecule has 0 radical (unpaired) electrons. The van der Waals surface area contributed by atoms with Crippen LogP contribution in [0.1, 0.15) is 52.4 Å². The monoisotopic (exact) mass is 268 g/mol. The predicted octanol–water partition coefficient (Wildman–Crippen LogP) is 1.84. The van der Waals surface area contributed by atoms with E-state index in [9.17, 15) is 4.79 Å². The molecule has 1 amide bonds. The molecule has 0 bridgehead atoms. The average Bonchev–Trinajstić information content (AvgIpc) is 2.42. The van der Waals surface area contributed by atoms with Crippen LogP contribution in [0.4, 0.5) is 0 Å². The summed E-state index contributed by atoms with van der Waals surface area (Å²) in [4.78, 5) is 12.1. The van der Waals surface area contributed by atoms with Gasteiger partial charge in [0.05, 0.1) is 6.10 Å². The van der Waals surface area contributed by atoms with Gasteiger partial charge in [-0.15, -0.1) is 0 Å². The Bertz CT molecular complexity index is 280. The van der Waals surface area contributed by atoms with Gasteiger partial charge in [0.1, 0.15) is 0 Å². The van der Waals surface area contributed by atoms with E-state index < -0.39 is 0 Å². The number of piperidine rings is 1. The van der Waals surface area contributed by atoms with E-state index in [1.807, 2.05) is 0 Å². The van der Waals surface area contributed by atoms with Crippen LogP contribution in [0, 0.1) is 5.92 Å². The zero-order valence-corrected chi connectivity index (χ0v) is 12.3. The molecule has 2 saturated heterocycles. The lowest BCUT2D eigenvalue weighted by molar-refractivity contribution is -0.123. The first kappa shape index (κ1) is 14.8. The van der Waals surface area contributed by atoms with Crippen LogP contribution in [0.5, 0.6) is 0 Å². The molecule has 0 saturated carbocycles. The minimum atomic E-state index is 0.182. The molecule has 19 heavy (non-hydrogen) atoms. The van der Waals surface area contributed by atoms with Crippen LogP contribution in [0.15, 0.2) is 0 Å². The second-order valence-electron chi connectivity index (χ2n) is 6.13. The van der Waals surface area contributed by atoms with Gasteiger partial charge in [0.25, 0.3) is 0 Å². The number of hydrogen-bond acceptors (Lipinski definition) is 3. The Balaban J connectivity index is 1.70. The van der Waals surface area contributed by atoms with E-state index in [1.165, 1.54) is 12.8 Å². The fourth-order valence-corrected chi connectivity index (χ4v) is 3.19. The lowest BCUT2D eigenvalue weighted by Crippen LogP contribution is -2.55. The van der Waals surface area contributed by atoms with Crippen molar-refractivity contribution in [1.82, 2.24) is 10.6 Å². The second-order valence-corrected chi connectivity index (χ2v) is 6.13. The molecule has 110 valence electrons. The molecule has 0 aliphatic carbocycles. The van der Waals surface area contributed by atoms with E-state index in [2.05, 4.69) is 24.5 Å². The third-order valence-corrected chi connectivity index (χ3v) is 4.51. The summed E-state index contributed by atoms with van der Waals surface area (Å²) in [6.45, 7) is 6.31. The highest BCUT2D eigenvalue weighted by Crippen LogP contribution is 2.18. The van der Waals surface area contributed by atoms with Crippen molar-refractivity contribution >= 4 is 5.91 Å². The fraction of sp³-hybridized carbons (Fsp3) is 0.933. The Morgan fingerprint density at radius 3 is 2.84 bits per heavy atom. The van der Waals surface area contributed by atoms with Crippen molar-refractivity contribution in [3.63, 3.8) is 0 Å². The van der Waals surface area contributed by atoms with Crippen molar-refractivity contribution in [3.05, 3.63) is 0 Å². The summed E-state index contributed by atoms with van der Waals surface area (Å²) in [7, 11) is 0. The van der Waals surface area contributed by atoms with Crippen LogP contribution in [0.25, 0.3) is 0 Å². The molecule has 2 aliphatic heterocycles. The normalized spacial score (nSPS) is 35.9. The van der Waals surface area contributed by atoms with Crippen LogP contribution < -0.4 is 10.6 Å². The van der Waals surface area contributed by atoms with E-state index in [4.69, 9.17) is 4.74 Å². The van der Waals surface area contributed by atoms with Gasteiger partial charge in [-0.05, 0) is 51.5 Å². The summed E-state index contributed by atoms with van der Waals surface area (Å²) >= 11 is 0. The van der Waals surface area contributed by atoms with Gasteiger partial charge in [0.15, 0.2) is 0 Å². The highest BCUT2D eigenvalue weighted by molar-refractivity contribution is 5.76. The van der Waals surface area contributed by atoms with E-state index in [-0.39, 0.29) is 11.9 Å². The van der Waals surface area contributed by atoms with Gasteiger partial charge in [-0.25, -0.2) is 0 Å². The third kappa shape index (κ3) is 4.46. The van der Waals surface area contributed by atoms with Crippen LogP contribution in [0.2, 0.25) is 0 Å². The molecule has 0 spiro atoms. The number of amides is 1. The van der Waals surface area contributed by atoms with E-state index in [0.717, 1.165) is 32.4 Å². The number of ether oxygens (including phenoxy) is 1. The van der Waals surface area contributed by atoms with Crippen molar-refractivity contribution in [2.75, 3.05) is 13.2 Å². The largest absolute Gasteiger partial charge is 0.378 e. The molecule has 0 aromatic carbocycles. The second kappa shape index (κ2) is 7.25. The van der Waals surface area contributed by atoms with E-state index in [0.29, 0.717) is 24.5 Å². The van der Waals surface area contributed by atoms with Crippen LogP contribution in [-0.2, 0) is 9.53 Å². The topological polar surface area (TPSA) is 50.4 Å². The van der Waals surface area contributed by atoms with E-state index in [1.54, 1.807) is 0 Å². The summed E-state index contributed by atoms with van der Waals surface area (Å²) in [6.07, 6.45) is 6.44. The van der Waals surface area contributed by atoms with Gasteiger partial charge in [0, 0.05) is 25.1 Å². The lowest BCUT2D eigenvalue weighted by atomic mass is 9.89. The number of hydrogen-bond donors (Lipinski definition) is 2. The Morgan fingerprint density at radius 2 is 2.16 bits per heavy atom. The number of carbonyl (C=O) groups is 1. The molecular formula is C15H28N2O2. The zero-order chi connectivity index (χ0) is 13.7. The van der Waals surface area contributed by atoms with Crippen molar-refractivity contribution in [1.29, 1.82) is 0 Å². The molecule has 2 N–H and O–H groups in total. The number of nitrogens with one attached hydrogen (secondary N) is 2. The molecule has 4 unspecified atom stereocenters. The molecule has 4 nitrogen and oxygen atoms in total. The molecule has 2 aliphatic rings. The first-order valence-electron chi connectivity index (χ1n) is 7.81. The molecule has 0 aromatic rings. The highest BCUT2D eigenvalue weighted by atomic mass is 16.5. The average molecular weight is 268 g/mol. The standard InChI is InChI=1S/C15H28N2O2/c1-11-8-9-16-12(2)15(11)17-14(18)7-6-13-5-3-4-10-19-13/h11-13,15-16H,3-10H2,1-2H3,(H,17,18). The summed E-state index contributed by atoms with van der Waals surface area (Å²) in [5.74, 6) is 0.743. The molecule has 2 heterocycles. The van der Waals surface area contributed by atoms with Crippen molar-refractivity contribution in [2.45, 2.75) is 70.6 Å². The SMILES string of the molecule is CC1CCNC(C)C1NC(=O)CCC1CCCCO1. The Kier molecular flexibility index (Phi) is 5.64. The maximum absolute atomic E-state index is 12.1. The van der Waals surface area contributed by atoms with E-state index >= 15 is 0 Å². The molecule has 2 rings (SSSR count). The fourth-order valence-electron chi connectivity index (χ4n) is 3.19. The molecule has 2 fully saturated rings. The lowest BCUT2D eigenvalue weighted by Gasteiger charge is -2.36. The number of rotatable bonds is 4. The van der Waals surface area contributed by atoms with Gasteiger partial charge < -0.3 is 15.4 Å². The minimum Gasteiger partial charge on any atom is -0.378 e. The molecular weight excluding hydrogens is 240 g/mol. The maximum Gasteiger partial charge on any atom is 0.220 e. The Labute approximate surface area is 116 Å². The van der Waals surface area contributed by atoms with Crippen molar-refractivity contribution in [2.24, 2.45) is 5.92 Å². The van der Waals surface area contributed by atoms with Crippen LogP contribution in [-0.4, -0.2) is 37.2 Å². The third-order valence-electron chi connectivity index (χ3n) is 4.51. The highest BCUT2D eigenvalue weighted by Gasteiger charge is 2.28. The van der Waals surface area contributed by atoms with Crippen LogP contribution in [0.3, 0.4) is 0 Å². The summed E-state index contributed by atoms with van der Waals surface area (Å²) in [5.41, 5.74) is 0. The van der Waals surface area contributed by atoms with Crippen molar-refractivity contribution < 1.29 is 9.53 Å². The number of carbonyl (C=O) groups excluding carboxylic acids is 1. The Hall–Kier alpha value is -0.610. The quantitative estimate of drug-likeness (QED) is 0.818. The first-order valence-corrected chi connectivity index (χ1v) is 7.81. The molecule has 4 atom stereocenters. The van der Waals surface area contributed by atoms with Gasteiger partial charge in [-0.1, -0.05) is 6.92 Å². The minimum absolute atomic E-state index is 0.182. The van der Waals surface area contributed by atoms with Crippen molar-refractivity contribution in [3.8, 4) is 0 Å². The maximum atomic E-state index is 12.1. The zero-order valence-electron chi connectivity index (χ0n) is 12.3.